The molecule has 33 heavy (non-hydrogen) atoms. The number of hydrogen-bond donors (Lipinski definition) is 1. The van der Waals surface area contributed by atoms with Crippen LogP contribution in [0.1, 0.15) is 31.1 Å². The van der Waals surface area contributed by atoms with E-state index in [1.54, 1.807) is 24.3 Å². The molecule has 0 aliphatic carbocycles. The molecule has 0 unspecified atom stereocenters. The number of benzene rings is 2. The lowest BCUT2D eigenvalue weighted by atomic mass is 10.1. The monoisotopic (exact) mass is 475 g/mol. The molecule has 1 N–H and O–H groups in total. The molecule has 8 nitrogen and oxygen atoms in total. The molecule has 3 rings (SSSR count). The fourth-order valence-corrected chi connectivity index (χ4v) is 5.21. The van der Waals surface area contributed by atoms with E-state index < -0.39 is 10.0 Å². The summed E-state index contributed by atoms with van der Waals surface area (Å²) >= 11 is 0. The molecule has 1 amide bonds. The number of morpholine rings is 1. The molecular weight excluding hydrogens is 442 g/mol. The van der Waals surface area contributed by atoms with E-state index >= 15 is 0 Å². The predicted molar refractivity (Wildman–Crippen MR) is 128 cm³/mol. The predicted octanol–water partition coefficient (Wildman–Crippen LogP) is 2.75. The highest BCUT2D eigenvalue weighted by Crippen LogP contribution is 2.30. The number of carbonyl (C=O) groups excluding carboxylic acids is 1. The number of anilines is 1. The molecule has 3 atom stereocenters. The van der Waals surface area contributed by atoms with E-state index in [9.17, 15) is 13.2 Å². The summed E-state index contributed by atoms with van der Waals surface area (Å²) in [5, 5.41) is 2.95. The second-order valence-corrected chi connectivity index (χ2v) is 10.4. The molecular formula is C24H33N3O5S. The van der Waals surface area contributed by atoms with E-state index in [0.29, 0.717) is 23.5 Å². The number of rotatable bonds is 8. The fourth-order valence-electron chi connectivity index (χ4n) is 4.00. The van der Waals surface area contributed by atoms with E-state index in [1.165, 1.54) is 42.7 Å². The summed E-state index contributed by atoms with van der Waals surface area (Å²) in [4.78, 5) is 15.0. The Hall–Kier alpha value is -2.62. The lowest BCUT2D eigenvalue weighted by molar-refractivity contribution is -0.0778. The first-order chi connectivity index (χ1) is 15.6. The van der Waals surface area contributed by atoms with Gasteiger partial charge in [-0.05, 0) is 57.2 Å². The van der Waals surface area contributed by atoms with Crippen LogP contribution in [0.4, 0.5) is 5.69 Å². The van der Waals surface area contributed by atoms with E-state index in [1.807, 2.05) is 0 Å². The van der Waals surface area contributed by atoms with E-state index in [-0.39, 0.29) is 29.1 Å². The van der Waals surface area contributed by atoms with Gasteiger partial charge in [-0.1, -0.05) is 12.1 Å². The molecule has 2 aromatic carbocycles. The van der Waals surface area contributed by atoms with Crippen molar-refractivity contribution in [2.45, 2.75) is 43.9 Å². The smallest absolute Gasteiger partial charge is 0.264 e. The van der Waals surface area contributed by atoms with Crippen molar-refractivity contribution in [2.24, 2.45) is 0 Å². The number of amides is 1. The first-order valence-electron chi connectivity index (χ1n) is 11.0. The molecule has 0 saturated carbocycles. The summed E-state index contributed by atoms with van der Waals surface area (Å²) in [6.07, 6.45) is 0.325. The molecule has 0 bridgehead atoms. The van der Waals surface area contributed by atoms with Gasteiger partial charge in [0.2, 0.25) is 0 Å². The summed E-state index contributed by atoms with van der Waals surface area (Å²) in [5.74, 6) is 0.219. The van der Waals surface area contributed by atoms with Gasteiger partial charge >= 0.3 is 0 Å². The van der Waals surface area contributed by atoms with Crippen LogP contribution in [0.25, 0.3) is 0 Å². The summed E-state index contributed by atoms with van der Waals surface area (Å²) in [6, 6.07) is 13.0. The third-order valence-corrected chi connectivity index (χ3v) is 7.61. The maximum atomic E-state index is 13.1. The van der Waals surface area contributed by atoms with Gasteiger partial charge in [0.05, 0.1) is 29.9 Å². The lowest BCUT2D eigenvalue weighted by Crippen LogP contribution is -2.52. The van der Waals surface area contributed by atoms with Crippen LogP contribution in [0, 0.1) is 0 Å². The molecule has 1 aliphatic rings. The van der Waals surface area contributed by atoms with Gasteiger partial charge in [0, 0.05) is 38.3 Å². The molecule has 1 aliphatic heterocycles. The van der Waals surface area contributed by atoms with E-state index in [2.05, 4.69) is 31.0 Å². The van der Waals surface area contributed by atoms with Crippen LogP contribution in [-0.2, 0) is 14.8 Å². The van der Waals surface area contributed by atoms with Gasteiger partial charge < -0.3 is 14.8 Å². The zero-order valence-electron chi connectivity index (χ0n) is 19.8. The Morgan fingerprint density at radius 2 is 1.76 bits per heavy atom. The number of sulfonamides is 1. The molecule has 1 fully saturated rings. The molecule has 0 radical (unpaired) electrons. The highest BCUT2D eigenvalue weighted by Gasteiger charge is 2.26. The van der Waals surface area contributed by atoms with Gasteiger partial charge in [0.1, 0.15) is 5.75 Å². The molecule has 1 saturated heterocycles. The normalized spacial score (nSPS) is 20.2. The third kappa shape index (κ3) is 5.85. The topological polar surface area (TPSA) is 88.2 Å². The molecule has 1 heterocycles. The van der Waals surface area contributed by atoms with Crippen molar-refractivity contribution in [1.82, 2.24) is 10.2 Å². The average Bonchev–Trinajstić information content (AvgIpc) is 2.81. The zero-order valence-corrected chi connectivity index (χ0v) is 20.6. The third-order valence-electron chi connectivity index (χ3n) is 5.83. The minimum atomic E-state index is -3.81. The second-order valence-electron chi connectivity index (χ2n) is 8.44. The molecule has 180 valence electrons. The quantitative estimate of drug-likeness (QED) is 0.632. The van der Waals surface area contributed by atoms with Crippen LogP contribution < -0.4 is 14.4 Å². The SMILES string of the molecule is COc1ccccc1N(C)S(=O)(=O)c1ccc(C(=O)NC[C@@H](C)N2C[C@@H](C)O[C@@H](C)C2)cc1. The van der Waals surface area contributed by atoms with Crippen molar-refractivity contribution in [1.29, 1.82) is 0 Å². The number of nitrogens with zero attached hydrogens (tertiary/aromatic N) is 2. The van der Waals surface area contributed by atoms with E-state index in [0.717, 1.165) is 13.1 Å². The zero-order chi connectivity index (χ0) is 24.2. The minimum Gasteiger partial charge on any atom is -0.495 e. The van der Waals surface area contributed by atoms with Crippen molar-refractivity contribution in [3.8, 4) is 5.75 Å². The number of nitrogens with one attached hydrogen (secondary N) is 1. The largest absolute Gasteiger partial charge is 0.495 e. The number of methoxy groups -OCH3 is 1. The first-order valence-corrected chi connectivity index (χ1v) is 12.5. The Balaban J connectivity index is 1.65. The summed E-state index contributed by atoms with van der Waals surface area (Å²) in [7, 11) is -0.846. The standard InChI is InChI=1S/C24H33N3O5S/c1-17(27-15-18(2)32-19(3)16-27)14-25-24(28)20-10-12-21(13-11-20)33(29,30)26(4)22-8-6-7-9-23(22)31-5/h6-13,17-19H,14-16H2,1-5H3,(H,25,28)/t17-,18-,19+/m1/s1. The van der Waals surface area contributed by atoms with Crippen LogP contribution in [0.3, 0.4) is 0 Å². The van der Waals surface area contributed by atoms with Gasteiger partial charge in [-0.3, -0.25) is 14.0 Å². The van der Waals surface area contributed by atoms with E-state index in [4.69, 9.17) is 9.47 Å². The van der Waals surface area contributed by atoms with Gasteiger partial charge in [0.15, 0.2) is 0 Å². The molecule has 9 heteroatoms. The van der Waals surface area contributed by atoms with Crippen molar-refractivity contribution >= 4 is 21.6 Å². The molecule has 0 spiro atoms. The van der Waals surface area contributed by atoms with Crippen molar-refractivity contribution in [2.75, 3.05) is 38.1 Å². The van der Waals surface area contributed by atoms with Crippen molar-refractivity contribution in [3.05, 3.63) is 54.1 Å². The van der Waals surface area contributed by atoms with Gasteiger partial charge in [0.25, 0.3) is 15.9 Å². The number of para-hydroxylation sites is 2. The minimum absolute atomic E-state index is 0.0946. The van der Waals surface area contributed by atoms with Crippen LogP contribution in [0.2, 0.25) is 0 Å². The summed E-state index contributed by atoms with van der Waals surface area (Å²) in [5.41, 5.74) is 0.840. The number of hydrogen-bond acceptors (Lipinski definition) is 6. The van der Waals surface area contributed by atoms with Crippen molar-refractivity contribution in [3.63, 3.8) is 0 Å². The number of carbonyl (C=O) groups is 1. The maximum Gasteiger partial charge on any atom is 0.264 e. The fraction of sp³-hybridized carbons (Fsp3) is 0.458. The second kappa shape index (κ2) is 10.5. The van der Waals surface area contributed by atoms with Crippen molar-refractivity contribution < 1.29 is 22.7 Å². The van der Waals surface area contributed by atoms with Crippen LogP contribution in [-0.4, -0.2) is 71.3 Å². The first kappa shape index (κ1) is 25.0. The highest BCUT2D eigenvalue weighted by molar-refractivity contribution is 7.92. The Morgan fingerprint density at radius 1 is 1.15 bits per heavy atom. The number of ether oxygens (including phenoxy) is 2. The average molecular weight is 476 g/mol. The molecule has 0 aromatic heterocycles. The van der Waals surface area contributed by atoms with Crippen LogP contribution >= 0.6 is 0 Å². The Morgan fingerprint density at radius 3 is 2.36 bits per heavy atom. The van der Waals surface area contributed by atoms with Crippen LogP contribution in [0.5, 0.6) is 5.75 Å². The van der Waals surface area contributed by atoms with Gasteiger partial charge in [-0.15, -0.1) is 0 Å². The highest BCUT2D eigenvalue weighted by atomic mass is 32.2. The van der Waals surface area contributed by atoms with Crippen LogP contribution in [0.15, 0.2) is 53.4 Å². The Kier molecular flexibility index (Phi) is 7.99. The maximum absolute atomic E-state index is 13.1. The Bertz CT molecular complexity index is 1050. The van der Waals surface area contributed by atoms with Gasteiger partial charge in [-0.2, -0.15) is 0 Å². The summed E-state index contributed by atoms with van der Waals surface area (Å²) in [6.45, 7) is 8.33. The van der Waals surface area contributed by atoms with Gasteiger partial charge in [-0.25, -0.2) is 8.42 Å². The molecule has 2 aromatic rings. The summed E-state index contributed by atoms with van der Waals surface area (Å²) < 4.78 is 38.4. The lowest BCUT2D eigenvalue weighted by Gasteiger charge is -2.39. The Labute approximate surface area is 196 Å².